The van der Waals surface area contributed by atoms with Crippen LogP contribution >= 0.6 is 27.3 Å². The van der Waals surface area contributed by atoms with E-state index in [2.05, 4.69) is 33.4 Å². The SMILES string of the molecule is COc1ccc(-c2c(C(=O)c3ccc(Br)cc3)ccc(OC)c2-c2csc3ccccc23)cc1. The lowest BCUT2D eigenvalue weighted by molar-refractivity contribution is 0.103. The molecule has 34 heavy (non-hydrogen) atoms. The molecule has 0 aliphatic carbocycles. The molecule has 0 saturated heterocycles. The Balaban J connectivity index is 1.82. The van der Waals surface area contributed by atoms with E-state index in [9.17, 15) is 4.79 Å². The third kappa shape index (κ3) is 4.02. The third-order valence-corrected chi connectivity index (χ3v) is 7.36. The Labute approximate surface area is 210 Å². The normalized spacial score (nSPS) is 10.9. The number of fused-ring (bicyclic) bond motifs is 1. The van der Waals surface area contributed by atoms with Gasteiger partial charge in [0.25, 0.3) is 0 Å². The number of halogens is 1. The number of ketones is 1. The summed E-state index contributed by atoms with van der Waals surface area (Å²) in [5.74, 6) is 1.44. The first-order chi connectivity index (χ1) is 16.6. The zero-order chi connectivity index (χ0) is 23.7. The molecule has 1 heterocycles. The van der Waals surface area contributed by atoms with Gasteiger partial charge in [0, 0.05) is 42.4 Å². The minimum Gasteiger partial charge on any atom is -0.497 e. The average Bonchev–Trinajstić information content (AvgIpc) is 3.32. The van der Waals surface area contributed by atoms with E-state index in [-0.39, 0.29) is 5.78 Å². The highest BCUT2D eigenvalue weighted by molar-refractivity contribution is 9.10. The summed E-state index contributed by atoms with van der Waals surface area (Å²) in [4.78, 5) is 13.8. The molecule has 0 aliphatic rings. The van der Waals surface area contributed by atoms with E-state index in [1.54, 1.807) is 25.6 Å². The Bertz CT molecular complexity index is 1480. The van der Waals surface area contributed by atoms with Gasteiger partial charge in [0.15, 0.2) is 5.78 Å². The number of carbonyl (C=O) groups excluding carboxylic acids is 1. The second-order valence-electron chi connectivity index (χ2n) is 7.78. The highest BCUT2D eigenvalue weighted by Crippen LogP contribution is 2.46. The van der Waals surface area contributed by atoms with Crippen LogP contribution in [-0.2, 0) is 0 Å². The molecular weight excluding hydrogens is 508 g/mol. The molecule has 5 rings (SSSR count). The Morgan fingerprint density at radius 1 is 0.794 bits per heavy atom. The minimum atomic E-state index is -0.0400. The molecule has 0 fully saturated rings. The van der Waals surface area contributed by atoms with Crippen LogP contribution in [0.25, 0.3) is 32.3 Å². The fourth-order valence-electron chi connectivity index (χ4n) is 4.20. The molecule has 0 saturated carbocycles. The second-order valence-corrected chi connectivity index (χ2v) is 9.60. The van der Waals surface area contributed by atoms with Crippen LogP contribution in [0.5, 0.6) is 11.5 Å². The van der Waals surface area contributed by atoms with Gasteiger partial charge in [-0.25, -0.2) is 0 Å². The van der Waals surface area contributed by atoms with E-state index in [1.807, 2.05) is 72.8 Å². The smallest absolute Gasteiger partial charge is 0.193 e. The lowest BCUT2D eigenvalue weighted by Gasteiger charge is -2.18. The molecule has 0 N–H and O–H groups in total. The molecule has 5 heteroatoms. The van der Waals surface area contributed by atoms with Crippen LogP contribution in [0.1, 0.15) is 15.9 Å². The number of thiophene rings is 1. The van der Waals surface area contributed by atoms with E-state index in [0.717, 1.165) is 43.6 Å². The van der Waals surface area contributed by atoms with E-state index in [0.29, 0.717) is 11.1 Å². The summed E-state index contributed by atoms with van der Waals surface area (Å²) >= 11 is 5.14. The van der Waals surface area contributed by atoms with Gasteiger partial charge in [-0.15, -0.1) is 11.3 Å². The predicted molar refractivity (Wildman–Crippen MR) is 143 cm³/mol. The Hall–Kier alpha value is -3.41. The first-order valence-corrected chi connectivity index (χ1v) is 12.4. The van der Waals surface area contributed by atoms with Gasteiger partial charge >= 0.3 is 0 Å². The topological polar surface area (TPSA) is 35.5 Å². The van der Waals surface area contributed by atoms with Crippen LogP contribution in [0.15, 0.2) is 94.8 Å². The van der Waals surface area contributed by atoms with Gasteiger partial charge in [0.2, 0.25) is 0 Å². The predicted octanol–water partition coefficient (Wildman–Crippen LogP) is 8.25. The third-order valence-electron chi connectivity index (χ3n) is 5.87. The number of hydrogen-bond donors (Lipinski definition) is 0. The van der Waals surface area contributed by atoms with E-state index in [4.69, 9.17) is 9.47 Å². The quantitative estimate of drug-likeness (QED) is 0.208. The van der Waals surface area contributed by atoms with Crippen LogP contribution in [0.4, 0.5) is 0 Å². The highest BCUT2D eigenvalue weighted by Gasteiger charge is 2.24. The van der Waals surface area contributed by atoms with Crippen molar-refractivity contribution in [2.75, 3.05) is 14.2 Å². The van der Waals surface area contributed by atoms with Gasteiger partial charge in [0.05, 0.1) is 14.2 Å². The summed E-state index contributed by atoms with van der Waals surface area (Å²) in [6, 6.07) is 27.3. The minimum absolute atomic E-state index is 0.0400. The average molecular weight is 529 g/mol. The van der Waals surface area contributed by atoms with Crippen molar-refractivity contribution in [2.45, 2.75) is 0 Å². The summed E-state index contributed by atoms with van der Waals surface area (Å²) in [5.41, 5.74) is 4.98. The van der Waals surface area contributed by atoms with Crippen molar-refractivity contribution in [1.82, 2.24) is 0 Å². The number of benzene rings is 4. The second kappa shape index (κ2) is 9.45. The summed E-state index contributed by atoms with van der Waals surface area (Å²) < 4.78 is 13.3. The van der Waals surface area contributed by atoms with Crippen molar-refractivity contribution in [3.8, 4) is 33.8 Å². The lowest BCUT2D eigenvalue weighted by Crippen LogP contribution is -2.06. The Morgan fingerprint density at radius 3 is 2.24 bits per heavy atom. The molecule has 0 unspecified atom stereocenters. The van der Waals surface area contributed by atoms with Crippen LogP contribution < -0.4 is 9.47 Å². The zero-order valence-electron chi connectivity index (χ0n) is 18.7. The zero-order valence-corrected chi connectivity index (χ0v) is 21.1. The van der Waals surface area contributed by atoms with Crippen LogP contribution in [0.2, 0.25) is 0 Å². The van der Waals surface area contributed by atoms with Crippen LogP contribution in [0.3, 0.4) is 0 Å². The van der Waals surface area contributed by atoms with Gasteiger partial charge in [-0.3, -0.25) is 4.79 Å². The number of carbonyl (C=O) groups is 1. The number of ether oxygens (including phenoxy) is 2. The van der Waals surface area contributed by atoms with Crippen LogP contribution in [-0.4, -0.2) is 20.0 Å². The van der Waals surface area contributed by atoms with Gasteiger partial charge in [-0.1, -0.05) is 46.3 Å². The van der Waals surface area contributed by atoms with Crippen molar-refractivity contribution >= 4 is 43.1 Å². The van der Waals surface area contributed by atoms with Gasteiger partial charge < -0.3 is 9.47 Å². The maximum Gasteiger partial charge on any atom is 0.193 e. The van der Waals surface area contributed by atoms with E-state index < -0.39 is 0 Å². The molecular formula is C29H21BrO3S. The molecule has 0 spiro atoms. The fraction of sp³-hybridized carbons (Fsp3) is 0.0690. The summed E-state index contributed by atoms with van der Waals surface area (Å²) in [7, 11) is 3.31. The van der Waals surface area contributed by atoms with Gasteiger partial charge in [-0.2, -0.15) is 0 Å². The van der Waals surface area contributed by atoms with E-state index in [1.165, 1.54) is 4.70 Å². The number of methoxy groups -OCH3 is 2. The molecule has 1 aromatic heterocycles. The van der Waals surface area contributed by atoms with Crippen molar-refractivity contribution in [1.29, 1.82) is 0 Å². The van der Waals surface area contributed by atoms with Crippen LogP contribution in [0, 0.1) is 0 Å². The monoisotopic (exact) mass is 528 g/mol. The van der Waals surface area contributed by atoms with Crippen molar-refractivity contribution in [3.05, 3.63) is 106 Å². The first kappa shape index (κ1) is 22.4. The molecule has 3 nitrogen and oxygen atoms in total. The lowest BCUT2D eigenvalue weighted by atomic mass is 9.86. The maximum absolute atomic E-state index is 13.8. The van der Waals surface area contributed by atoms with Crippen molar-refractivity contribution < 1.29 is 14.3 Å². The summed E-state index contributed by atoms with van der Waals surface area (Å²) in [6.45, 7) is 0. The number of rotatable bonds is 6. The van der Waals surface area contributed by atoms with Crippen molar-refractivity contribution in [2.24, 2.45) is 0 Å². The molecule has 0 radical (unpaired) electrons. The van der Waals surface area contributed by atoms with Crippen molar-refractivity contribution in [3.63, 3.8) is 0 Å². The molecule has 168 valence electrons. The molecule has 0 amide bonds. The standard InChI is InChI=1S/C29H21BrO3S/c1-32-21-13-9-18(10-14-21)27-23(29(31)19-7-11-20(30)12-8-19)15-16-25(33-2)28(27)24-17-34-26-6-4-3-5-22(24)26/h3-17H,1-2H3. The molecule has 0 aliphatic heterocycles. The Morgan fingerprint density at radius 2 is 1.53 bits per heavy atom. The highest BCUT2D eigenvalue weighted by atomic mass is 79.9. The summed E-state index contributed by atoms with van der Waals surface area (Å²) in [6.07, 6.45) is 0. The van der Waals surface area contributed by atoms with Gasteiger partial charge in [0.1, 0.15) is 11.5 Å². The molecule has 0 bridgehead atoms. The molecule has 0 atom stereocenters. The van der Waals surface area contributed by atoms with E-state index >= 15 is 0 Å². The fourth-order valence-corrected chi connectivity index (χ4v) is 5.41. The van der Waals surface area contributed by atoms with Gasteiger partial charge in [-0.05, 0) is 65.5 Å². The molecule has 5 aromatic rings. The number of hydrogen-bond acceptors (Lipinski definition) is 4. The summed E-state index contributed by atoms with van der Waals surface area (Å²) in [5, 5.41) is 3.28. The maximum atomic E-state index is 13.8. The first-order valence-electron chi connectivity index (χ1n) is 10.7. The largest absolute Gasteiger partial charge is 0.497 e. The molecule has 4 aromatic carbocycles. The Kier molecular flexibility index (Phi) is 6.22.